The normalized spacial score (nSPS) is 9.44. The van der Waals surface area contributed by atoms with Crippen molar-refractivity contribution in [3.05, 3.63) is 30.6 Å². The molecule has 0 aliphatic heterocycles. The van der Waals surface area contributed by atoms with Gasteiger partial charge in [-0.15, -0.1) is 0 Å². The summed E-state index contributed by atoms with van der Waals surface area (Å²) in [4.78, 5) is 3.06. The van der Waals surface area contributed by atoms with Crippen LogP contribution in [0.4, 0.5) is 0 Å². The molecule has 1 nitrogen and oxygen atoms in total. The molecule has 2 heteroatoms. The molecule has 0 atom stereocenters. The molecule has 0 fully saturated rings. The number of aromatic amines is 1. The summed E-state index contributed by atoms with van der Waals surface area (Å²) in [5.74, 6) is 0. The third-order valence-corrected chi connectivity index (χ3v) is 1.82. The highest BCUT2D eigenvalue weighted by Gasteiger charge is 1.93. The molecule has 1 aromatic heterocycles. The predicted molar refractivity (Wildman–Crippen MR) is 43.6 cm³/mol. The maximum Gasteiger partial charge on any atom is 0.0415 e. The van der Waals surface area contributed by atoms with Gasteiger partial charge in [-0.3, -0.25) is 0 Å². The zero-order chi connectivity index (χ0) is 6.69. The van der Waals surface area contributed by atoms with Crippen LogP contribution in [0.15, 0.2) is 24.9 Å². The number of alkyl halides is 1. The summed E-state index contributed by atoms with van der Waals surface area (Å²) in [6.45, 7) is 3.84. The summed E-state index contributed by atoms with van der Waals surface area (Å²) in [6.07, 6.45) is 1.89. The number of nitrogens with one attached hydrogen (secondary N) is 1. The number of H-pyrrole nitrogens is 1. The summed E-state index contributed by atoms with van der Waals surface area (Å²) in [5, 5.41) is 0.827. The quantitative estimate of drug-likeness (QED) is 0.682. The minimum atomic E-state index is 0.827. The molecule has 0 aliphatic rings. The van der Waals surface area contributed by atoms with Crippen LogP contribution in [0.1, 0.15) is 5.69 Å². The van der Waals surface area contributed by atoms with Gasteiger partial charge in [0.25, 0.3) is 0 Å². The molecule has 0 aliphatic carbocycles. The molecule has 0 aromatic carbocycles. The van der Waals surface area contributed by atoms with E-state index in [1.165, 1.54) is 0 Å². The minimum Gasteiger partial charge on any atom is -0.361 e. The monoisotopic (exact) mass is 185 g/mol. The lowest BCUT2D eigenvalue weighted by Crippen LogP contribution is -1.80. The Balaban J connectivity index is 2.77. The first-order valence-corrected chi connectivity index (χ1v) is 3.84. The van der Waals surface area contributed by atoms with Crippen molar-refractivity contribution < 1.29 is 0 Å². The van der Waals surface area contributed by atoms with Crippen LogP contribution in [-0.2, 0) is 0 Å². The van der Waals surface area contributed by atoms with Crippen molar-refractivity contribution in [1.82, 2.24) is 4.98 Å². The van der Waals surface area contributed by atoms with E-state index >= 15 is 0 Å². The second-order valence-electron chi connectivity index (χ2n) is 1.82. The Morgan fingerprint density at radius 3 is 3.00 bits per heavy atom. The molecule has 1 rings (SSSR count). The highest BCUT2D eigenvalue weighted by Crippen LogP contribution is 2.10. The van der Waals surface area contributed by atoms with Gasteiger partial charge in [0.2, 0.25) is 0 Å². The van der Waals surface area contributed by atoms with Crippen LogP contribution in [0.5, 0.6) is 0 Å². The highest BCUT2D eigenvalue weighted by atomic mass is 79.9. The van der Waals surface area contributed by atoms with Crippen LogP contribution < -0.4 is 0 Å². The molecule has 1 heterocycles. The maximum atomic E-state index is 3.84. The third-order valence-electron chi connectivity index (χ3n) is 1.14. The van der Waals surface area contributed by atoms with E-state index in [2.05, 4.69) is 27.5 Å². The number of hydrogen-bond donors (Lipinski definition) is 1. The Labute approximate surface area is 62.9 Å². The average Bonchev–Trinajstić information content (AvgIpc) is 2.37. The molecule has 0 spiro atoms. The summed E-state index contributed by atoms with van der Waals surface area (Å²) < 4.78 is 0. The second-order valence-corrected chi connectivity index (χ2v) is 2.38. The molecule has 0 saturated heterocycles. The van der Waals surface area contributed by atoms with Gasteiger partial charge in [0, 0.05) is 17.2 Å². The van der Waals surface area contributed by atoms with Gasteiger partial charge in [-0.05, 0) is 17.7 Å². The zero-order valence-electron chi connectivity index (χ0n) is 5.02. The standard InChI is InChI=1S/C7H8BrN/c1-6(5-8)7-3-2-4-9-7/h2-4,9H,1,5H2. The van der Waals surface area contributed by atoms with Crippen molar-refractivity contribution in [3.8, 4) is 0 Å². The fourth-order valence-electron chi connectivity index (χ4n) is 0.622. The summed E-state index contributed by atoms with van der Waals surface area (Å²) in [7, 11) is 0. The van der Waals surface area contributed by atoms with E-state index in [1.54, 1.807) is 0 Å². The molecule has 0 saturated carbocycles. The average molecular weight is 186 g/mol. The number of halogens is 1. The van der Waals surface area contributed by atoms with Crippen LogP contribution in [0.3, 0.4) is 0 Å². The van der Waals surface area contributed by atoms with E-state index in [0.717, 1.165) is 16.6 Å². The Morgan fingerprint density at radius 2 is 2.56 bits per heavy atom. The molecule has 0 amide bonds. The summed E-state index contributed by atoms with van der Waals surface area (Å²) in [5.41, 5.74) is 2.19. The zero-order valence-corrected chi connectivity index (χ0v) is 6.61. The van der Waals surface area contributed by atoms with E-state index in [4.69, 9.17) is 0 Å². The van der Waals surface area contributed by atoms with Gasteiger partial charge < -0.3 is 4.98 Å². The van der Waals surface area contributed by atoms with Crippen LogP contribution in [0, 0.1) is 0 Å². The van der Waals surface area contributed by atoms with Gasteiger partial charge >= 0.3 is 0 Å². The van der Waals surface area contributed by atoms with E-state index in [9.17, 15) is 0 Å². The van der Waals surface area contributed by atoms with Crippen molar-refractivity contribution >= 4 is 21.5 Å². The van der Waals surface area contributed by atoms with E-state index in [0.29, 0.717) is 0 Å². The Hall–Kier alpha value is -0.500. The molecule has 0 radical (unpaired) electrons. The van der Waals surface area contributed by atoms with Crippen molar-refractivity contribution in [2.45, 2.75) is 0 Å². The lowest BCUT2D eigenvalue weighted by Gasteiger charge is -1.93. The Bertz CT molecular complexity index is 189. The fourth-order valence-corrected chi connectivity index (χ4v) is 0.924. The first kappa shape index (κ1) is 6.62. The predicted octanol–water partition coefficient (Wildman–Crippen LogP) is 2.42. The molecule has 1 aromatic rings. The van der Waals surface area contributed by atoms with Gasteiger partial charge in [0.1, 0.15) is 0 Å². The molecule has 0 unspecified atom stereocenters. The van der Waals surface area contributed by atoms with Crippen LogP contribution in [0.2, 0.25) is 0 Å². The Kier molecular flexibility index (Phi) is 2.11. The van der Waals surface area contributed by atoms with Crippen molar-refractivity contribution in [1.29, 1.82) is 0 Å². The van der Waals surface area contributed by atoms with Crippen LogP contribution in [0.25, 0.3) is 5.57 Å². The van der Waals surface area contributed by atoms with E-state index < -0.39 is 0 Å². The summed E-state index contributed by atoms with van der Waals surface area (Å²) >= 11 is 3.32. The number of allylic oxidation sites excluding steroid dienone is 1. The maximum absolute atomic E-state index is 3.84. The van der Waals surface area contributed by atoms with Crippen LogP contribution in [-0.4, -0.2) is 10.3 Å². The van der Waals surface area contributed by atoms with Gasteiger partial charge in [0.15, 0.2) is 0 Å². The fraction of sp³-hybridized carbons (Fsp3) is 0.143. The number of aromatic nitrogens is 1. The molecule has 1 N–H and O–H groups in total. The van der Waals surface area contributed by atoms with Crippen LogP contribution >= 0.6 is 15.9 Å². The first-order valence-electron chi connectivity index (χ1n) is 2.72. The van der Waals surface area contributed by atoms with E-state index in [-0.39, 0.29) is 0 Å². The lowest BCUT2D eigenvalue weighted by atomic mass is 10.2. The molecular weight excluding hydrogens is 178 g/mol. The van der Waals surface area contributed by atoms with Crippen molar-refractivity contribution in [3.63, 3.8) is 0 Å². The van der Waals surface area contributed by atoms with Gasteiger partial charge in [-0.25, -0.2) is 0 Å². The van der Waals surface area contributed by atoms with Gasteiger partial charge in [-0.2, -0.15) is 0 Å². The summed E-state index contributed by atoms with van der Waals surface area (Å²) in [6, 6.07) is 3.97. The smallest absolute Gasteiger partial charge is 0.0415 e. The number of rotatable bonds is 2. The number of hydrogen-bond acceptors (Lipinski definition) is 0. The second kappa shape index (κ2) is 2.87. The molecular formula is C7H8BrN. The Morgan fingerprint density at radius 1 is 1.78 bits per heavy atom. The lowest BCUT2D eigenvalue weighted by molar-refractivity contribution is 1.35. The highest BCUT2D eigenvalue weighted by molar-refractivity contribution is 9.09. The van der Waals surface area contributed by atoms with Gasteiger partial charge in [-0.1, -0.05) is 22.5 Å². The molecule has 9 heavy (non-hydrogen) atoms. The van der Waals surface area contributed by atoms with E-state index in [1.807, 2.05) is 18.3 Å². The molecule has 48 valence electrons. The SMILES string of the molecule is C=C(CBr)c1ccc[nH]1. The topological polar surface area (TPSA) is 15.8 Å². The third kappa shape index (κ3) is 1.45. The molecule has 0 bridgehead atoms. The van der Waals surface area contributed by atoms with Crippen molar-refractivity contribution in [2.75, 3.05) is 5.33 Å². The minimum absolute atomic E-state index is 0.827. The first-order chi connectivity index (χ1) is 4.34. The largest absolute Gasteiger partial charge is 0.361 e. The van der Waals surface area contributed by atoms with Crippen molar-refractivity contribution in [2.24, 2.45) is 0 Å². The van der Waals surface area contributed by atoms with Gasteiger partial charge in [0.05, 0.1) is 0 Å².